The molecule has 0 heterocycles. The molecule has 0 saturated carbocycles. The average Bonchev–Trinajstić information content (AvgIpc) is 2.65. The van der Waals surface area contributed by atoms with Crippen molar-refractivity contribution in [1.29, 1.82) is 0 Å². The zero-order valence-electron chi connectivity index (χ0n) is 30.9. The van der Waals surface area contributed by atoms with Gasteiger partial charge in [0.25, 0.3) is 0 Å². The van der Waals surface area contributed by atoms with Crippen LogP contribution in [-0.4, -0.2) is 62.5 Å². The predicted molar refractivity (Wildman–Crippen MR) is 65.2 cm³/mol. The maximum Gasteiger partial charge on any atom is 0.303 e. The Morgan fingerprint density at radius 1 is 1.07 bits per heavy atom. The zero-order valence-corrected chi connectivity index (χ0v) is 11.0. The van der Waals surface area contributed by atoms with Crippen LogP contribution in [0.25, 0.3) is 0 Å². The summed E-state index contributed by atoms with van der Waals surface area (Å²) in [6.07, 6.45) is -46.0. The third-order valence-corrected chi connectivity index (χ3v) is 0.669. The van der Waals surface area contributed by atoms with Crippen LogP contribution in [0.2, 0.25) is 0 Å². The number of hydrogen-bond acceptors (Lipinski definition) is 1. The van der Waals surface area contributed by atoms with Crippen molar-refractivity contribution in [2.24, 2.45) is 0 Å². The van der Waals surface area contributed by atoms with Gasteiger partial charge in [-0.15, -0.1) is 0 Å². The third kappa shape index (κ3) is 17.7. The fraction of sp³-hybridized carbons (Fsp3) is 0.917. The largest absolute Gasteiger partial charge is 0.481 e. The van der Waals surface area contributed by atoms with Crippen LogP contribution in [-0.2, 0) is 4.79 Å². The van der Waals surface area contributed by atoms with Gasteiger partial charge in [-0.1, -0.05) is 57.8 Å². The van der Waals surface area contributed by atoms with Crippen molar-refractivity contribution in [3.05, 3.63) is 0 Å². The van der Waals surface area contributed by atoms with E-state index in [1.54, 1.807) is 0 Å². The molecule has 2 nitrogen and oxygen atoms in total. The van der Waals surface area contributed by atoms with E-state index in [1.165, 1.54) is 0 Å². The molecule has 0 saturated heterocycles. The first-order chi connectivity index (χ1) is 15.4. The van der Waals surface area contributed by atoms with E-state index in [4.69, 9.17) is 36.6 Å². The first-order valence-corrected chi connectivity index (χ1v) is 3.18. The molecule has 0 spiro atoms. The van der Waals surface area contributed by atoms with Crippen LogP contribution in [0.5, 0.6) is 0 Å². The van der Waals surface area contributed by atoms with Gasteiger partial charge >= 0.3 is 5.97 Å². The van der Waals surface area contributed by atoms with E-state index in [9.17, 15) is 4.79 Å². The number of carbonyl (C=O) groups is 1. The van der Waals surface area contributed by atoms with Crippen molar-refractivity contribution >= 4 is 57.4 Å². The molecule has 0 rings (SSSR count). The molecule has 0 aromatic heterocycles. The molecule has 0 atom stereocenters. The van der Waals surface area contributed by atoms with Crippen LogP contribution in [0.1, 0.15) is 102 Å². The topological polar surface area (TPSA) is 37.3 Å². The minimum Gasteiger partial charge on any atom is -0.481 e. The molecule has 3 heteroatoms. The zero-order chi connectivity index (χ0) is 31.1. The fourth-order valence-corrected chi connectivity index (χ4v) is 0.303. The van der Waals surface area contributed by atoms with Gasteiger partial charge in [0.15, 0.2) is 0 Å². The van der Waals surface area contributed by atoms with Gasteiger partial charge in [-0.05, 0) is 6.37 Å². The quantitative estimate of drug-likeness (QED) is 0.611. The fourth-order valence-electron chi connectivity index (χ4n) is 0.303. The summed E-state index contributed by atoms with van der Waals surface area (Å²) in [5, 5.41) is 8.93. The maximum absolute atomic E-state index is 11.2. The average molecular weight is 263 g/mol. The second-order valence-electron chi connectivity index (χ2n) is 1.56. The molecule has 0 unspecified atom stereocenters. The molecule has 1 N–H and O–H groups in total. The van der Waals surface area contributed by atoms with E-state index in [1.807, 2.05) is 0 Å². The Morgan fingerprint density at radius 3 is 2.00 bits per heavy atom. The molecule has 0 bridgehead atoms. The van der Waals surface area contributed by atoms with E-state index >= 15 is 0 Å². The molecule has 0 aromatic carbocycles. The molecule has 0 aliphatic rings. The van der Waals surface area contributed by atoms with Gasteiger partial charge in [0, 0.05) is 89.3 Å². The Hall–Kier alpha value is 1.11. The number of carboxylic acids is 1. The normalized spacial score (nSPS) is 42.8. The van der Waals surface area contributed by atoms with Gasteiger partial charge in [-0.2, -0.15) is 0 Å². The molecule has 0 aliphatic carbocycles. The van der Waals surface area contributed by atoms with E-state index in [0.717, 1.165) is 0 Å². The van der Waals surface area contributed by atoms with E-state index in [-0.39, 0.29) is 51.4 Å². The van der Waals surface area contributed by atoms with Crippen molar-refractivity contribution in [3.63, 3.8) is 0 Å². The Kier molecular flexibility index (Phi) is 2.69. The standard InChI is InChI=1S/C12H24O2.K/c1-2-3-4-5-6-7-8-9-10-11-12(13)14;/h2-11H2,1H3,(H,13,14);/i1D3,2D2,3D2,4D2,5D2,6D2,7D2,8D2,9D2,10D2,11D2;. The SMILES string of the molecule is [2H]C([2H])([2H])C([2H])([2H])C([2H])([2H])C([2H])([2H])C([2H])([2H])C([2H])([2H])C([2H])([2H])C([2H])([2H])C([2H])([2H])C([2H])([2H])C([2H])([2H])C(=O)O.[K]. The van der Waals surface area contributed by atoms with Crippen LogP contribution in [0.3, 0.4) is 0 Å². The summed E-state index contributed by atoms with van der Waals surface area (Å²) in [6, 6.07) is 0. The van der Waals surface area contributed by atoms with Gasteiger partial charge < -0.3 is 5.11 Å². The number of carboxylic acid groups (broad SMARTS) is 1. The Bertz CT molecular complexity index is 885. The molecule has 0 aromatic rings. The first-order valence-electron chi connectivity index (χ1n) is 14.7. The van der Waals surface area contributed by atoms with Gasteiger partial charge in [-0.25, -0.2) is 0 Å². The van der Waals surface area contributed by atoms with Crippen LogP contribution in [0.15, 0.2) is 0 Å². The Labute approximate surface area is 169 Å². The van der Waals surface area contributed by atoms with Gasteiger partial charge in [0.1, 0.15) is 0 Å². The molecular weight excluding hydrogens is 215 g/mol. The molecule has 1 radical (unpaired) electrons. The third-order valence-electron chi connectivity index (χ3n) is 0.669. The first kappa shape index (κ1) is 2.67. The van der Waals surface area contributed by atoms with Gasteiger partial charge in [-0.3, -0.25) is 4.79 Å². The summed E-state index contributed by atoms with van der Waals surface area (Å²) >= 11 is 0. The molecule has 0 aliphatic heterocycles. The maximum atomic E-state index is 11.2. The van der Waals surface area contributed by atoms with Crippen molar-refractivity contribution in [1.82, 2.24) is 0 Å². The van der Waals surface area contributed by atoms with Crippen LogP contribution >= 0.6 is 0 Å². The summed E-state index contributed by atoms with van der Waals surface area (Å²) in [7, 11) is 0. The number of rotatable bonds is 10. The van der Waals surface area contributed by atoms with Crippen LogP contribution in [0.4, 0.5) is 0 Å². The summed E-state index contributed by atoms with van der Waals surface area (Å²) in [6.45, 7) is -3.99. The summed E-state index contributed by atoms with van der Waals surface area (Å²) in [4.78, 5) is 11.2. The molecule has 85 valence electrons. The minimum absolute atomic E-state index is 0. The minimum atomic E-state index is -4.80. The number of aliphatic carboxylic acids is 1. The molecule has 0 fully saturated rings. The van der Waals surface area contributed by atoms with Crippen molar-refractivity contribution < 1.29 is 41.4 Å². The molecule has 15 heavy (non-hydrogen) atoms. The van der Waals surface area contributed by atoms with Crippen molar-refractivity contribution in [2.75, 3.05) is 0 Å². The summed E-state index contributed by atoms with van der Waals surface area (Å²) in [5.41, 5.74) is 0. The Balaban J connectivity index is 0. The van der Waals surface area contributed by atoms with E-state index < -0.39 is 76.6 Å². The van der Waals surface area contributed by atoms with Gasteiger partial charge in [0.05, 0.1) is 0 Å². The van der Waals surface area contributed by atoms with Crippen molar-refractivity contribution in [2.45, 2.75) is 70.6 Å². The number of hydrogen-bond donors (Lipinski definition) is 1. The molecule has 0 amide bonds. The Morgan fingerprint density at radius 2 is 1.53 bits per heavy atom. The van der Waals surface area contributed by atoms with Crippen LogP contribution in [0, 0.1) is 0 Å². The smallest absolute Gasteiger partial charge is 0.303 e. The summed E-state index contributed by atoms with van der Waals surface area (Å²) < 4.78 is 176. The molecular formula is C12H24KO2. The monoisotopic (exact) mass is 262 g/mol. The predicted octanol–water partition coefficient (Wildman–Crippen LogP) is 3.61. The van der Waals surface area contributed by atoms with E-state index in [2.05, 4.69) is 0 Å². The van der Waals surface area contributed by atoms with Crippen LogP contribution < -0.4 is 0 Å². The van der Waals surface area contributed by atoms with Gasteiger partial charge in [0.2, 0.25) is 0 Å². The second kappa shape index (κ2) is 15.1. The van der Waals surface area contributed by atoms with Crippen molar-refractivity contribution in [3.8, 4) is 0 Å². The second-order valence-corrected chi connectivity index (χ2v) is 1.56. The van der Waals surface area contributed by atoms with E-state index in [0.29, 0.717) is 0 Å². The summed E-state index contributed by atoms with van der Waals surface area (Å²) in [5.74, 6) is -2.67.